The highest BCUT2D eigenvalue weighted by Gasteiger charge is 2.35. The third-order valence-electron chi connectivity index (χ3n) is 4.36. The first kappa shape index (κ1) is 14.5. The van der Waals surface area contributed by atoms with Crippen LogP contribution in [0.1, 0.15) is 24.2 Å². The molecule has 4 rings (SSSR count). The summed E-state index contributed by atoms with van der Waals surface area (Å²) in [5.74, 6) is 0.0102. The summed E-state index contributed by atoms with van der Waals surface area (Å²) in [5, 5.41) is 4.37. The lowest BCUT2D eigenvalue weighted by Gasteiger charge is -2.29. The number of nitrogens with zero attached hydrogens (tertiary/aromatic N) is 1. The molecule has 0 bridgehead atoms. The van der Waals surface area contributed by atoms with Gasteiger partial charge >= 0.3 is 5.97 Å². The summed E-state index contributed by atoms with van der Waals surface area (Å²) in [6, 6.07) is 11.6. The number of hydrogen-bond donors (Lipinski definition) is 1. The largest absolute Gasteiger partial charge is 0.468 e. The molecule has 1 aromatic carbocycles. The number of methoxy groups -OCH3 is 1. The summed E-state index contributed by atoms with van der Waals surface area (Å²) in [5.41, 5.74) is 4.01. The number of ether oxygens (including phenoxy) is 1. The zero-order chi connectivity index (χ0) is 16.7. The number of furan rings is 1. The van der Waals surface area contributed by atoms with Gasteiger partial charge in [0.05, 0.1) is 36.1 Å². The molecule has 0 amide bonds. The van der Waals surface area contributed by atoms with E-state index in [2.05, 4.69) is 10.3 Å². The van der Waals surface area contributed by atoms with Gasteiger partial charge in [0, 0.05) is 17.3 Å². The summed E-state index contributed by atoms with van der Waals surface area (Å²) >= 11 is 0. The minimum atomic E-state index is -0.367. The number of rotatable bonds is 2. The summed E-state index contributed by atoms with van der Waals surface area (Å²) in [6.45, 7) is 1.87. The predicted octanol–water partition coefficient (Wildman–Crippen LogP) is 3.83. The van der Waals surface area contributed by atoms with Gasteiger partial charge in [0.1, 0.15) is 5.76 Å². The van der Waals surface area contributed by atoms with Gasteiger partial charge in [0.2, 0.25) is 0 Å². The average Bonchev–Trinajstić information content (AvgIpc) is 3.14. The highest BCUT2D eigenvalue weighted by atomic mass is 16.5. The molecule has 3 heterocycles. The molecule has 1 unspecified atom stereocenters. The fourth-order valence-corrected chi connectivity index (χ4v) is 3.29. The van der Waals surface area contributed by atoms with Crippen LogP contribution in [0.2, 0.25) is 0 Å². The lowest BCUT2D eigenvalue weighted by Crippen LogP contribution is -2.23. The molecule has 5 nitrogen and oxygen atoms in total. The van der Waals surface area contributed by atoms with E-state index in [4.69, 9.17) is 9.15 Å². The lowest BCUT2D eigenvalue weighted by molar-refractivity contribution is -0.136. The van der Waals surface area contributed by atoms with Crippen LogP contribution in [0.4, 0.5) is 5.69 Å². The van der Waals surface area contributed by atoms with E-state index in [-0.39, 0.29) is 11.9 Å². The third-order valence-corrected chi connectivity index (χ3v) is 4.36. The molecule has 0 radical (unpaired) electrons. The van der Waals surface area contributed by atoms with Crippen LogP contribution in [0.15, 0.2) is 64.5 Å². The van der Waals surface area contributed by atoms with Crippen LogP contribution in [0.25, 0.3) is 10.9 Å². The Kier molecular flexibility index (Phi) is 3.34. The molecule has 5 heteroatoms. The molecule has 0 fully saturated rings. The molecule has 0 spiro atoms. The first-order valence-electron chi connectivity index (χ1n) is 7.68. The van der Waals surface area contributed by atoms with Crippen molar-refractivity contribution in [3.05, 3.63) is 71.5 Å². The van der Waals surface area contributed by atoms with Crippen LogP contribution >= 0.6 is 0 Å². The zero-order valence-corrected chi connectivity index (χ0v) is 13.4. The van der Waals surface area contributed by atoms with E-state index in [0.717, 1.165) is 27.9 Å². The van der Waals surface area contributed by atoms with Crippen molar-refractivity contribution in [1.82, 2.24) is 4.98 Å². The number of allylic oxidation sites excluding steroid dienone is 1. The van der Waals surface area contributed by atoms with Gasteiger partial charge in [-0.15, -0.1) is 0 Å². The summed E-state index contributed by atoms with van der Waals surface area (Å²) in [4.78, 5) is 16.9. The molecular weight excluding hydrogens is 304 g/mol. The molecule has 1 N–H and O–H groups in total. The maximum absolute atomic E-state index is 12.4. The number of carbonyl (C=O) groups excluding carboxylic acids is 1. The number of hydrogen-bond acceptors (Lipinski definition) is 5. The number of fused-ring (bicyclic) bond motifs is 3. The van der Waals surface area contributed by atoms with Crippen molar-refractivity contribution in [2.75, 3.05) is 12.4 Å². The Balaban J connectivity index is 2.01. The second kappa shape index (κ2) is 5.53. The van der Waals surface area contributed by atoms with Gasteiger partial charge in [0.25, 0.3) is 0 Å². The summed E-state index contributed by atoms with van der Waals surface area (Å²) < 4.78 is 10.6. The Morgan fingerprint density at radius 1 is 1.25 bits per heavy atom. The minimum Gasteiger partial charge on any atom is -0.468 e. The number of carbonyl (C=O) groups is 1. The monoisotopic (exact) mass is 320 g/mol. The Hall–Kier alpha value is -3.08. The molecule has 120 valence electrons. The quantitative estimate of drug-likeness (QED) is 0.727. The molecule has 2 aromatic heterocycles. The normalized spacial score (nSPS) is 16.7. The first-order valence-corrected chi connectivity index (χ1v) is 7.68. The molecule has 1 aliphatic heterocycles. The summed E-state index contributed by atoms with van der Waals surface area (Å²) in [7, 11) is 1.39. The number of benzene rings is 1. The summed E-state index contributed by atoms with van der Waals surface area (Å²) in [6.07, 6.45) is 3.38. The van der Waals surface area contributed by atoms with Crippen LogP contribution < -0.4 is 5.32 Å². The van der Waals surface area contributed by atoms with Crippen molar-refractivity contribution in [2.24, 2.45) is 0 Å². The van der Waals surface area contributed by atoms with Crippen molar-refractivity contribution in [3.8, 4) is 0 Å². The van der Waals surface area contributed by atoms with Crippen molar-refractivity contribution < 1.29 is 13.9 Å². The average molecular weight is 320 g/mol. The van der Waals surface area contributed by atoms with Crippen molar-refractivity contribution in [1.29, 1.82) is 0 Å². The SMILES string of the molecule is COC(=O)C1=C(C)Nc2c(ccc3cccnc23)C1c1ccco1. The molecule has 24 heavy (non-hydrogen) atoms. The van der Waals surface area contributed by atoms with Crippen LogP contribution in [-0.2, 0) is 9.53 Å². The number of aromatic nitrogens is 1. The van der Waals surface area contributed by atoms with E-state index >= 15 is 0 Å². The Morgan fingerprint density at radius 3 is 2.88 bits per heavy atom. The number of anilines is 1. The van der Waals surface area contributed by atoms with E-state index < -0.39 is 0 Å². The van der Waals surface area contributed by atoms with Gasteiger partial charge in [-0.25, -0.2) is 4.79 Å². The lowest BCUT2D eigenvalue weighted by atomic mass is 9.83. The standard InChI is InChI=1S/C19H16N2O3/c1-11-15(19(22)23-2)16(14-6-4-10-24-14)13-8-7-12-5-3-9-20-17(12)18(13)21-11/h3-10,16,21H,1-2H3. The smallest absolute Gasteiger partial charge is 0.336 e. The van der Waals surface area contributed by atoms with E-state index in [1.165, 1.54) is 7.11 Å². The second-order valence-corrected chi connectivity index (χ2v) is 5.71. The third kappa shape index (κ3) is 2.09. The Labute approximate surface area is 139 Å². The minimum absolute atomic E-state index is 0.324. The maximum atomic E-state index is 12.4. The van der Waals surface area contributed by atoms with E-state index in [0.29, 0.717) is 11.3 Å². The molecular formula is C19H16N2O3. The van der Waals surface area contributed by atoms with Gasteiger partial charge in [-0.05, 0) is 30.7 Å². The molecule has 0 saturated heterocycles. The number of nitrogens with one attached hydrogen (secondary N) is 1. The van der Waals surface area contributed by atoms with Gasteiger partial charge in [-0.1, -0.05) is 18.2 Å². The van der Waals surface area contributed by atoms with Crippen molar-refractivity contribution >= 4 is 22.6 Å². The number of esters is 1. The van der Waals surface area contributed by atoms with Crippen LogP contribution in [-0.4, -0.2) is 18.1 Å². The molecule has 0 saturated carbocycles. The van der Waals surface area contributed by atoms with Crippen molar-refractivity contribution in [3.63, 3.8) is 0 Å². The Morgan fingerprint density at radius 2 is 2.12 bits per heavy atom. The van der Waals surface area contributed by atoms with Gasteiger partial charge in [0.15, 0.2) is 0 Å². The molecule has 1 aliphatic rings. The zero-order valence-electron chi connectivity index (χ0n) is 13.4. The van der Waals surface area contributed by atoms with Gasteiger partial charge in [-0.3, -0.25) is 4.98 Å². The van der Waals surface area contributed by atoms with Gasteiger partial charge in [-0.2, -0.15) is 0 Å². The number of pyridine rings is 1. The first-order chi connectivity index (χ1) is 11.7. The van der Waals surface area contributed by atoms with E-state index in [1.54, 1.807) is 12.5 Å². The van der Waals surface area contributed by atoms with Crippen LogP contribution in [0, 0.1) is 0 Å². The van der Waals surface area contributed by atoms with E-state index in [1.807, 2.05) is 43.3 Å². The maximum Gasteiger partial charge on any atom is 0.336 e. The van der Waals surface area contributed by atoms with Crippen LogP contribution in [0.5, 0.6) is 0 Å². The topological polar surface area (TPSA) is 64.4 Å². The second-order valence-electron chi connectivity index (χ2n) is 5.71. The van der Waals surface area contributed by atoms with Crippen molar-refractivity contribution in [2.45, 2.75) is 12.8 Å². The predicted molar refractivity (Wildman–Crippen MR) is 90.6 cm³/mol. The molecule has 0 aliphatic carbocycles. The van der Waals surface area contributed by atoms with Crippen LogP contribution in [0.3, 0.4) is 0 Å². The molecule has 1 atom stereocenters. The van der Waals surface area contributed by atoms with E-state index in [9.17, 15) is 4.79 Å². The highest BCUT2D eigenvalue weighted by molar-refractivity contribution is 5.99. The molecule has 3 aromatic rings. The fourth-order valence-electron chi connectivity index (χ4n) is 3.29. The fraction of sp³-hybridized carbons (Fsp3) is 0.158. The van der Waals surface area contributed by atoms with Gasteiger partial charge < -0.3 is 14.5 Å². The Bertz CT molecular complexity index is 958. The highest BCUT2D eigenvalue weighted by Crippen LogP contribution is 2.44.